The van der Waals surface area contributed by atoms with Crippen molar-refractivity contribution in [3.05, 3.63) is 29.3 Å². The predicted molar refractivity (Wildman–Crippen MR) is 71.0 cm³/mol. The van der Waals surface area contributed by atoms with E-state index in [2.05, 4.69) is 0 Å². The molecule has 1 aromatic rings. The van der Waals surface area contributed by atoms with Gasteiger partial charge in [-0.3, -0.25) is 9.00 Å². The highest BCUT2D eigenvalue weighted by atomic mass is 32.2. The van der Waals surface area contributed by atoms with Crippen molar-refractivity contribution in [3.63, 3.8) is 0 Å². The summed E-state index contributed by atoms with van der Waals surface area (Å²) in [6, 6.07) is 4.86. The smallest absolute Gasteiger partial charge is 0.248 e. The van der Waals surface area contributed by atoms with Crippen LogP contribution in [0.4, 0.5) is 5.69 Å². The summed E-state index contributed by atoms with van der Waals surface area (Å²) in [5, 5.41) is 0.144. The molecule has 0 saturated heterocycles. The van der Waals surface area contributed by atoms with E-state index < -0.39 is 16.7 Å². The van der Waals surface area contributed by atoms with Crippen LogP contribution < -0.4 is 11.5 Å². The van der Waals surface area contributed by atoms with Crippen LogP contribution in [0.25, 0.3) is 0 Å². The summed E-state index contributed by atoms with van der Waals surface area (Å²) in [6.45, 7) is 3.95. The Balaban J connectivity index is 2.86. The Hall–Kier alpha value is -1.36. The minimum absolute atomic E-state index is 0.144. The molecule has 0 aliphatic rings. The number of carbonyl (C=O) groups excluding carboxylic acids is 1. The molecule has 1 rings (SSSR count). The van der Waals surface area contributed by atoms with E-state index in [0.29, 0.717) is 17.0 Å². The lowest BCUT2D eigenvalue weighted by molar-refractivity contribution is 0.100. The molecule has 2 unspecified atom stereocenters. The number of hydrogen-bond acceptors (Lipinski definition) is 3. The third-order valence-corrected chi connectivity index (χ3v) is 4.58. The molecule has 0 heterocycles. The molecule has 0 radical (unpaired) electrons. The van der Waals surface area contributed by atoms with Crippen molar-refractivity contribution in [3.8, 4) is 0 Å². The molecule has 4 nitrogen and oxygen atoms in total. The molecule has 17 heavy (non-hydrogen) atoms. The first-order valence-corrected chi connectivity index (χ1v) is 6.89. The van der Waals surface area contributed by atoms with Gasteiger partial charge >= 0.3 is 0 Å². The summed E-state index contributed by atoms with van der Waals surface area (Å²) >= 11 is 0. The molecule has 0 aliphatic heterocycles. The first kappa shape index (κ1) is 13.7. The number of anilines is 1. The zero-order valence-electron chi connectivity index (χ0n) is 10.1. The lowest BCUT2D eigenvalue weighted by Crippen LogP contribution is -2.14. The fourth-order valence-corrected chi connectivity index (χ4v) is 2.59. The Labute approximate surface area is 104 Å². The van der Waals surface area contributed by atoms with Gasteiger partial charge < -0.3 is 11.5 Å². The molecule has 1 amide bonds. The van der Waals surface area contributed by atoms with E-state index in [1.807, 2.05) is 13.8 Å². The molecular formula is C12H18N2O2S. The van der Waals surface area contributed by atoms with Crippen LogP contribution in [0.1, 0.15) is 36.2 Å². The lowest BCUT2D eigenvalue weighted by atomic mass is 10.1. The topological polar surface area (TPSA) is 86.2 Å². The Kier molecular flexibility index (Phi) is 4.69. The van der Waals surface area contributed by atoms with E-state index in [1.54, 1.807) is 12.1 Å². The molecule has 0 bridgehead atoms. The van der Waals surface area contributed by atoms with Crippen LogP contribution >= 0.6 is 0 Å². The number of primary amides is 1. The molecule has 1 aromatic carbocycles. The second-order valence-electron chi connectivity index (χ2n) is 4.02. The zero-order chi connectivity index (χ0) is 13.0. The highest BCUT2D eigenvalue weighted by Crippen LogP contribution is 2.18. The van der Waals surface area contributed by atoms with Crippen molar-refractivity contribution >= 4 is 22.4 Å². The summed E-state index contributed by atoms with van der Waals surface area (Å²) in [5.41, 5.74) is 12.6. The van der Waals surface area contributed by atoms with Crippen molar-refractivity contribution in [1.29, 1.82) is 0 Å². The molecule has 2 atom stereocenters. The lowest BCUT2D eigenvalue weighted by Gasteiger charge is -2.11. The summed E-state index contributed by atoms with van der Waals surface area (Å²) in [4.78, 5) is 10.9. The van der Waals surface area contributed by atoms with E-state index in [0.717, 1.165) is 12.0 Å². The zero-order valence-corrected chi connectivity index (χ0v) is 10.9. The predicted octanol–water partition coefficient (Wildman–Crippen LogP) is 1.41. The second kappa shape index (κ2) is 5.82. The maximum Gasteiger partial charge on any atom is 0.248 e. The minimum atomic E-state index is -0.940. The number of hydrogen-bond donors (Lipinski definition) is 2. The summed E-state index contributed by atoms with van der Waals surface area (Å²) in [6.07, 6.45) is 0.867. The Morgan fingerprint density at radius 1 is 1.47 bits per heavy atom. The van der Waals surface area contributed by atoms with Gasteiger partial charge in [0.05, 0.1) is 5.75 Å². The number of amides is 1. The van der Waals surface area contributed by atoms with Crippen molar-refractivity contribution in [1.82, 2.24) is 0 Å². The number of rotatable bonds is 5. The first-order chi connectivity index (χ1) is 7.95. The van der Waals surface area contributed by atoms with Crippen LogP contribution in [0.3, 0.4) is 0 Å². The third kappa shape index (κ3) is 3.56. The van der Waals surface area contributed by atoms with Gasteiger partial charge in [0.1, 0.15) is 0 Å². The minimum Gasteiger partial charge on any atom is -0.398 e. The van der Waals surface area contributed by atoms with Crippen LogP contribution in [-0.2, 0) is 16.6 Å². The maximum atomic E-state index is 11.9. The van der Waals surface area contributed by atoms with Gasteiger partial charge in [0.2, 0.25) is 5.91 Å². The fraction of sp³-hybridized carbons (Fsp3) is 0.417. The average molecular weight is 254 g/mol. The molecule has 5 heteroatoms. The van der Waals surface area contributed by atoms with Crippen molar-refractivity contribution in [2.75, 3.05) is 5.73 Å². The second-order valence-corrected chi connectivity index (χ2v) is 5.88. The molecule has 0 aromatic heterocycles. The van der Waals surface area contributed by atoms with Crippen LogP contribution in [0, 0.1) is 0 Å². The Morgan fingerprint density at radius 3 is 2.59 bits per heavy atom. The average Bonchev–Trinajstić information content (AvgIpc) is 2.30. The van der Waals surface area contributed by atoms with Gasteiger partial charge in [-0.2, -0.15) is 0 Å². The highest BCUT2D eigenvalue weighted by Gasteiger charge is 2.12. The van der Waals surface area contributed by atoms with E-state index >= 15 is 0 Å². The monoisotopic (exact) mass is 254 g/mol. The van der Waals surface area contributed by atoms with Gasteiger partial charge in [0.15, 0.2) is 0 Å². The fourth-order valence-electron chi connectivity index (χ4n) is 1.36. The van der Waals surface area contributed by atoms with Crippen molar-refractivity contribution < 1.29 is 9.00 Å². The van der Waals surface area contributed by atoms with Gasteiger partial charge in [-0.15, -0.1) is 0 Å². The molecule has 94 valence electrons. The van der Waals surface area contributed by atoms with Crippen LogP contribution in [0.5, 0.6) is 0 Å². The normalized spacial score (nSPS) is 14.2. The van der Waals surface area contributed by atoms with Gasteiger partial charge in [-0.25, -0.2) is 0 Å². The number of carbonyl (C=O) groups is 1. The quantitative estimate of drug-likeness (QED) is 0.779. The summed E-state index contributed by atoms with van der Waals surface area (Å²) in [5.74, 6) is -0.0915. The summed E-state index contributed by atoms with van der Waals surface area (Å²) < 4.78 is 11.9. The van der Waals surface area contributed by atoms with Crippen molar-refractivity contribution in [2.24, 2.45) is 5.73 Å². The van der Waals surface area contributed by atoms with Gasteiger partial charge in [-0.05, 0) is 24.1 Å². The molecule has 4 N–H and O–H groups in total. The standard InChI is InChI=1S/C12H18N2O2S/c1-3-8(2)17(16)7-10-5-4-9(12(14)15)6-11(10)13/h4-6,8H,3,7,13H2,1-2H3,(H2,14,15). The largest absolute Gasteiger partial charge is 0.398 e. The molecule has 0 spiro atoms. The Bertz CT molecular complexity index is 446. The third-order valence-electron chi connectivity index (χ3n) is 2.75. The highest BCUT2D eigenvalue weighted by molar-refractivity contribution is 7.84. The Morgan fingerprint density at radius 2 is 2.12 bits per heavy atom. The number of nitrogen functional groups attached to an aromatic ring is 1. The molecule has 0 aliphatic carbocycles. The molecular weight excluding hydrogens is 236 g/mol. The van der Waals surface area contributed by atoms with E-state index in [-0.39, 0.29) is 5.25 Å². The van der Waals surface area contributed by atoms with Gasteiger partial charge in [0.25, 0.3) is 0 Å². The van der Waals surface area contributed by atoms with Crippen LogP contribution in [-0.4, -0.2) is 15.4 Å². The van der Waals surface area contributed by atoms with Gasteiger partial charge in [0, 0.05) is 27.3 Å². The summed E-state index contributed by atoms with van der Waals surface area (Å²) in [7, 11) is -0.940. The number of benzene rings is 1. The van der Waals surface area contributed by atoms with Crippen LogP contribution in [0.15, 0.2) is 18.2 Å². The first-order valence-electron chi connectivity index (χ1n) is 5.51. The van der Waals surface area contributed by atoms with E-state index in [4.69, 9.17) is 11.5 Å². The molecule has 0 saturated carbocycles. The van der Waals surface area contributed by atoms with Crippen LogP contribution in [0.2, 0.25) is 0 Å². The SMILES string of the molecule is CCC(C)S(=O)Cc1ccc(C(N)=O)cc1N. The number of nitrogens with two attached hydrogens (primary N) is 2. The van der Waals surface area contributed by atoms with Crippen molar-refractivity contribution in [2.45, 2.75) is 31.3 Å². The maximum absolute atomic E-state index is 11.9. The molecule has 0 fully saturated rings. The van der Waals surface area contributed by atoms with E-state index in [9.17, 15) is 9.00 Å². The van der Waals surface area contributed by atoms with E-state index in [1.165, 1.54) is 6.07 Å². The van der Waals surface area contributed by atoms with Gasteiger partial charge in [-0.1, -0.05) is 19.9 Å².